The number of fused-ring (bicyclic) bond motifs is 3. The maximum absolute atomic E-state index is 12.6. The van der Waals surface area contributed by atoms with Crippen LogP contribution in [0.25, 0.3) is 11.1 Å². The van der Waals surface area contributed by atoms with Crippen LogP contribution < -0.4 is 10.6 Å². The second kappa shape index (κ2) is 9.94. The van der Waals surface area contributed by atoms with Gasteiger partial charge in [0.2, 0.25) is 0 Å². The highest BCUT2D eigenvalue weighted by Gasteiger charge is 2.33. The van der Waals surface area contributed by atoms with E-state index in [0.29, 0.717) is 5.06 Å². The van der Waals surface area contributed by atoms with E-state index in [0.717, 1.165) is 22.3 Å². The number of nitrogens with zero attached hydrogens (tertiary/aromatic N) is 1. The van der Waals surface area contributed by atoms with Crippen LogP contribution in [0.4, 0.5) is 9.59 Å². The van der Waals surface area contributed by atoms with E-state index in [1.54, 1.807) is 0 Å². The summed E-state index contributed by atoms with van der Waals surface area (Å²) < 4.78 is 5.57. The third kappa shape index (κ3) is 4.88. The summed E-state index contributed by atoms with van der Waals surface area (Å²) in [5.74, 6) is -1.20. The van der Waals surface area contributed by atoms with E-state index in [2.05, 4.69) is 22.8 Å². The minimum Gasteiger partial charge on any atom is -0.449 e. The van der Waals surface area contributed by atoms with E-state index in [1.165, 1.54) is 0 Å². The summed E-state index contributed by atoms with van der Waals surface area (Å²) in [6.07, 6.45) is -1.50. The van der Waals surface area contributed by atoms with Crippen molar-refractivity contribution < 1.29 is 28.8 Å². The number of rotatable bonds is 7. The first kappa shape index (κ1) is 23.3. The first-order chi connectivity index (χ1) is 16.3. The summed E-state index contributed by atoms with van der Waals surface area (Å²) >= 11 is 0. The lowest BCUT2D eigenvalue weighted by molar-refractivity contribution is -0.171. The van der Waals surface area contributed by atoms with Crippen LogP contribution in [0.3, 0.4) is 0 Å². The molecule has 1 aliphatic carbocycles. The molecule has 178 valence electrons. The van der Waals surface area contributed by atoms with Gasteiger partial charge in [-0.05, 0) is 28.2 Å². The number of benzene rings is 2. The average molecular weight is 466 g/mol. The molecule has 34 heavy (non-hydrogen) atoms. The summed E-state index contributed by atoms with van der Waals surface area (Å²) in [6.45, 7) is 3.99. The number of alkyl carbamates (subject to hydrolysis) is 1. The van der Waals surface area contributed by atoms with Gasteiger partial charge in [-0.3, -0.25) is 9.59 Å². The summed E-state index contributed by atoms with van der Waals surface area (Å²) in [4.78, 5) is 52.5. The third-order valence-corrected chi connectivity index (χ3v) is 6.10. The highest BCUT2D eigenvalue weighted by Crippen LogP contribution is 2.44. The highest BCUT2D eigenvalue weighted by molar-refractivity contribution is 6.01. The van der Waals surface area contributed by atoms with Gasteiger partial charge in [0.15, 0.2) is 0 Å². The summed E-state index contributed by atoms with van der Waals surface area (Å²) in [6, 6.07) is 15.7. The monoisotopic (exact) mass is 465 g/mol. The van der Waals surface area contributed by atoms with Crippen molar-refractivity contribution >= 4 is 24.0 Å². The van der Waals surface area contributed by atoms with Crippen molar-refractivity contribution in [3.8, 4) is 11.1 Å². The van der Waals surface area contributed by atoms with Crippen molar-refractivity contribution in [1.29, 1.82) is 0 Å². The van der Waals surface area contributed by atoms with Crippen LogP contribution in [0.5, 0.6) is 0 Å². The van der Waals surface area contributed by atoms with E-state index in [4.69, 9.17) is 9.57 Å². The van der Waals surface area contributed by atoms with Gasteiger partial charge in [-0.2, -0.15) is 0 Å². The molecule has 0 radical (unpaired) electrons. The molecule has 9 heteroatoms. The van der Waals surface area contributed by atoms with Crippen molar-refractivity contribution in [2.45, 2.75) is 38.6 Å². The normalized spacial score (nSPS) is 15.7. The first-order valence-electron chi connectivity index (χ1n) is 11.3. The van der Waals surface area contributed by atoms with E-state index >= 15 is 0 Å². The topological polar surface area (TPSA) is 114 Å². The zero-order chi connectivity index (χ0) is 24.2. The van der Waals surface area contributed by atoms with E-state index in [-0.39, 0.29) is 37.8 Å². The Morgan fingerprint density at radius 3 is 2.06 bits per heavy atom. The number of carbonyl (C=O) groups is 4. The number of hydrogen-bond donors (Lipinski definition) is 2. The van der Waals surface area contributed by atoms with Gasteiger partial charge in [-0.15, -0.1) is 5.06 Å². The lowest BCUT2D eigenvalue weighted by atomic mass is 9.98. The number of imide groups is 1. The number of nitrogens with one attached hydrogen (secondary N) is 2. The Morgan fingerprint density at radius 2 is 1.50 bits per heavy atom. The predicted octanol–water partition coefficient (Wildman–Crippen LogP) is 3.34. The summed E-state index contributed by atoms with van der Waals surface area (Å²) in [5.41, 5.74) is 4.52. The van der Waals surface area contributed by atoms with Crippen LogP contribution in [-0.2, 0) is 19.2 Å². The molecule has 2 aromatic rings. The largest absolute Gasteiger partial charge is 0.449 e. The Hall–Kier alpha value is -3.88. The highest BCUT2D eigenvalue weighted by atomic mass is 16.7. The molecule has 0 saturated carbocycles. The number of hydrogen-bond acceptors (Lipinski definition) is 6. The molecule has 2 N–H and O–H groups in total. The van der Waals surface area contributed by atoms with Crippen molar-refractivity contribution in [1.82, 2.24) is 15.7 Å². The quantitative estimate of drug-likeness (QED) is 0.607. The minimum atomic E-state index is -0.941. The first-order valence-corrected chi connectivity index (χ1v) is 11.3. The molecular formula is C25H27N3O6. The number of hydroxylamine groups is 2. The van der Waals surface area contributed by atoms with Crippen LogP contribution in [0.1, 0.15) is 43.7 Å². The molecule has 9 nitrogen and oxygen atoms in total. The smallest absolute Gasteiger partial charge is 0.432 e. The van der Waals surface area contributed by atoms with Gasteiger partial charge in [0.05, 0.1) is 6.04 Å². The molecule has 2 aliphatic rings. The van der Waals surface area contributed by atoms with E-state index < -0.39 is 30.0 Å². The molecule has 0 aromatic heterocycles. The molecule has 0 spiro atoms. The Balaban J connectivity index is 1.31. The Labute approximate surface area is 197 Å². The third-order valence-electron chi connectivity index (χ3n) is 6.10. The molecule has 1 fully saturated rings. The average Bonchev–Trinajstić information content (AvgIpc) is 3.32. The van der Waals surface area contributed by atoms with Crippen LogP contribution >= 0.6 is 0 Å². The molecule has 0 bridgehead atoms. The fraction of sp³-hybridized carbons (Fsp3) is 0.360. The maximum atomic E-state index is 12.6. The molecule has 1 saturated heterocycles. The van der Waals surface area contributed by atoms with Crippen molar-refractivity contribution in [2.24, 2.45) is 5.92 Å². The second-order valence-electron chi connectivity index (χ2n) is 8.66. The number of ether oxygens (including phenoxy) is 1. The molecule has 1 heterocycles. The SMILES string of the molecule is CC(C)[C@@H](CNC(=O)ON1C(=O)CCC1=O)NC(=O)OCC1c2ccccc2-c2ccccc21. The summed E-state index contributed by atoms with van der Waals surface area (Å²) in [5, 5.41) is 5.73. The lowest BCUT2D eigenvalue weighted by Crippen LogP contribution is -2.48. The van der Waals surface area contributed by atoms with Crippen LogP contribution in [0, 0.1) is 5.92 Å². The van der Waals surface area contributed by atoms with Gasteiger partial charge in [0, 0.05) is 25.3 Å². The Morgan fingerprint density at radius 1 is 0.941 bits per heavy atom. The summed E-state index contributed by atoms with van der Waals surface area (Å²) in [7, 11) is 0. The number of amides is 4. The van der Waals surface area contributed by atoms with E-state index in [1.807, 2.05) is 50.2 Å². The zero-order valence-corrected chi connectivity index (χ0v) is 19.1. The van der Waals surface area contributed by atoms with Gasteiger partial charge in [-0.1, -0.05) is 62.4 Å². The van der Waals surface area contributed by atoms with Gasteiger partial charge >= 0.3 is 12.2 Å². The zero-order valence-electron chi connectivity index (χ0n) is 19.1. The molecule has 1 atom stereocenters. The van der Waals surface area contributed by atoms with E-state index in [9.17, 15) is 19.2 Å². The van der Waals surface area contributed by atoms with Crippen LogP contribution in [0.15, 0.2) is 48.5 Å². The maximum Gasteiger partial charge on any atom is 0.432 e. The molecule has 4 amide bonds. The molecule has 4 rings (SSSR count). The van der Waals surface area contributed by atoms with Gasteiger partial charge in [0.25, 0.3) is 11.8 Å². The van der Waals surface area contributed by atoms with Crippen molar-refractivity contribution in [2.75, 3.05) is 13.2 Å². The van der Waals surface area contributed by atoms with Crippen LogP contribution in [-0.4, -0.2) is 48.3 Å². The van der Waals surface area contributed by atoms with Gasteiger partial charge < -0.3 is 20.2 Å². The second-order valence-corrected chi connectivity index (χ2v) is 8.66. The van der Waals surface area contributed by atoms with Crippen molar-refractivity contribution in [3.05, 3.63) is 59.7 Å². The molecule has 1 aliphatic heterocycles. The molecule has 2 aromatic carbocycles. The Bertz CT molecular complexity index is 1050. The standard InChI is InChI=1S/C25H27N3O6/c1-15(2)21(13-26-24(31)34-28-22(29)11-12-23(28)30)27-25(32)33-14-20-18-9-5-3-7-16(18)17-8-4-6-10-19(17)20/h3-10,15,20-21H,11-14H2,1-2H3,(H,26,31)(H,27,32)/t21-/m1/s1. The predicted molar refractivity (Wildman–Crippen MR) is 122 cm³/mol. The van der Waals surface area contributed by atoms with Gasteiger partial charge in [-0.25, -0.2) is 9.59 Å². The molecular weight excluding hydrogens is 438 g/mol. The molecule has 0 unspecified atom stereocenters. The Kier molecular flexibility index (Phi) is 6.81. The number of carbonyl (C=O) groups excluding carboxylic acids is 4. The van der Waals surface area contributed by atoms with Crippen molar-refractivity contribution in [3.63, 3.8) is 0 Å². The minimum absolute atomic E-state index is 0.0179. The van der Waals surface area contributed by atoms with Gasteiger partial charge in [0.1, 0.15) is 6.61 Å². The van der Waals surface area contributed by atoms with Crippen LogP contribution in [0.2, 0.25) is 0 Å². The lowest BCUT2D eigenvalue weighted by Gasteiger charge is -2.23. The fourth-order valence-corrected chi connectivity index (χ4v) is 4.21. The fourth-order valence-electron chi connectivity index (χ4n) is 4.21.